The number of fused-ring (bicyclic) bond motifs is 11. The Hall–Kier alpha value is -4.62. The molecule has 0 saturated heterocycles. The van der Waals surface area contributed by atoms with Crippen molar-refractivity contribution in [1.82, 2.24) is 0 Å². The van der Waals surface area contributed by atoms with Gasteiger partial charge in [-0.15, -0.1) is 0 Å². The third kappa shape index (κ3) is 3.91. The monoisotopic (exact) mass is 621 g/mol. The largest absolute Gasteiger partial charge is 0.310 e. The topological polar surface area (TPSA) is 3.24 Å². The zero-order chi connectivity index (χ0) is 32.4. The van der Waals surface area contributed by atoms with Gasteiger partial charge in [-0.2, -0.15) is 0 Å². The molecule has 0 N–H and O–H groups in total. The Morgan fingerprint density at radius 1 is 0.542 bits per heavy atom. The van der Waals surface area contributed by atoms with E-state index in [2.05, 4.69) is 148 Å². The number of rotatable bonds is 3. The summed E-state index contributed by atoms with van der Waals surface area (Å²) in [5.74, 6) is 1.68. The standard InChI is InChI=1S/C47H43N/c1-29-13-16-33-24-36(22-30(2)41(33)21-29)48(34-17-19-39-37-9-5-7-11-42(37)46(3,4)44(39)25-34)35-18-20-40-38-10-6-8-12-43(38)47(45(40)26-35)27-31-14-15-32(23-31)28-47/h5-13,16-22,24-26,31-32H,14-15,23,27-28H2,1-4H3. The molecule has 1 nitrogen and oxygen atoms in total. The molecule has 0 aromatic heterocycles. The van der Waals surface area contributed by atoms with Gasteiger partial charge in [0, 0.05) is 27.9 Å². The molecule has 236 valence electrons. The third-order valence-electron chi connectivity index (χ3n) is 12.8. The lowest BCUT2D eigenvalue weighted by molar-refractivity contribution is 0.255. The van der Waals surface area contributed by atoms with Crippen molar-refractivity contribution in [1.29, 1.82) is 0 Å². The van der Waals surface area contributed by atoms with Crippen LogP contribution in [0.3, 0.4) is 0 Å². The van der Waals surface area contributed by atoms with Crippen LogP contribution in [-0.4, -0.2) is 0 Å². The van der Waals surface area contributed by atoms with E-state index in [0.29, 0.717) is 0 Å². The van der Waals surface area contributed by atoms with Crippen molar-refractivity contribution in [2.45, 2.75) is 70.6 Å². The van der Waals surface area contributed by atoms with E-state index in [9.17, 15) is 0 Å². The minimum Gasteiger partial charge on any atom is -0.310 e. The van der Waals surface area contributed by atoms with Gasteiger partial charge in [-0.05, 0) is 142 Å². The van der Waals surface area contributed by atoms with E-state index in [1.165, 1.54) is 104 Å². The maximum absolute atomic E-state index is 2.60. The first-order valence-corrected chi connectivity index (χ1v) is 18.1. The Labute approximate surface area is 285 Å². The molecule has 0 heterocycles. The number of aryl methyl sites for hydroxylation is 2. The fourth-order valence-corrected chi connectivity index (χ4v) is 10.7. The fourth-order valence-electron chi connectivity index (χ4n) is 10.7. The van der Waals surface area contributed by atoms with Gasteiger partial charge < -0.3 is 4.90 Å². The average molecular weight is 622 g/mol. The molecule has 0 amide bonds. The highest BCUT2D eigenvalue weighted by molar-refractivity contribution is 5.94. The van der Waals surface area contributed by atoms with Crippen LogP contribution >= 0.6 is 0 Å². The lowest BCUT2D eigenvalue weighted by Crippen LogP contribution is -2.33. The summed E-state index contributed by atoms with van der Waals surface area (Å²) < 4.78 is 0. The Kier molecular flexibility index (Phi) is 5.89. The summed E-state index contributed by atoms with van der Waals surface area (Å²) >= 11 is 0. The van der Waals surface area contributed by atoms with E-state index in [-0.39, 0.29) is 10.8 Å². The van der Waals surface area contributed by atoms with Crippen molar-refractivity contribution in [3.05, 3.63) is 149 Å². The lowest BCUT2D eigenvalue weighted by Gasteiger charge is -2.40. The zero-order valence-corrected chi connectivity index (χ0v) is 28.6. The lowest BCUT2D eigenvalue weighted by atomic mass is 9.64. The maximum atomic E-state index is 2.60. The molecule has 4 aliphatic carbocycles. The van der Waals surface area contributed by atoms with Gasteiger partial charge in [0.2, 0.25) is 0 Å². The van der Waals surface area contributed by atoms with Gasteiger partial charge in [-0.1, -0.05) is 111 Å². The molecule has 0 aliphatic heterocycles. The molecule has 4 aliphatic rings. The summed E-state index contributed by atoms with van der Waals surface area (Å²) in [6.07, 6.45) is 6.80. The number of benzene rings is 6. The Bertz CT molecular complexity index is 2290. The molecule has 2 atom stereocenters. The van der Waals surface area contributed by atoms with Crippen molar-refractivity contribution < 1.29 is 0 Å². The quantitative estimate of drug-likeness (QED) is 0.190. The van der Waals surface area contributed by atoms with Gasteiger partial charge in [-0.3, -0.25) is 0 Å². The van der Waals surface area contributed by atoms with Gasteiger partial charge in [0.15, 0.2) is 0 Å². The van der Waals surface area contributed by atoms with Crippen LogP contribution in [0, 0.1) is 25.7 Å². The van der Waals surface area contributed by atoms with E-state index >= 15 is 0 Å². The average Bonchev–Trinajstić information content (AvgIpc) is 3.66. The number of hydrogen-bond acceptors (Lipinski definition) is 1. The van der Waals surface area contributed by atoms with Crippen molar-refractivity contribution in [3.63, 3.8) is 0 Å². The molecular weight excluding hydrogens is 579 g/mol. The molecule has 1 spiro atoms. The van der Waals surface area contributed by atoms with Crippen molar-refractivity contribution in [3.8, 4) is 22.3 Å². The molecule has 6 aromatic carbocycles. The first-order valence-electron chi connectivity index (χ1n) is 18.1. The van der Waals surface area contributed by atoms with Crippen LogP contribution in [-0.2, 0) is 10.8 Å². The highest BCUT2D eigenvalue weighted by Crippen LogP contribution is 2.62. The SMILES string of the molecule is Cc1ccc2cc(N(c3ccc4c(c3)C(C)(C)c3ccccc3-4)c3ccc4c(c3)C3(CC5CCC(C5)C3)c3ccccc3-4)cc(C)c2c1. The zero-order valence-electron chi connectivity index (χ0n) is 28.6. The van der Waals surface area contributed by atoms with Gasteiger partial charge in [0.05, 0.1) is 0 Å². The van der Waals surface area contributed by atoms with Crippen LogP contribution in [0.15, 0.2) is 115 Å². The van der Waals surface area contributed by atoms with Crippen molar-refractivity contribution >= 4 is 27.8 Å². The normalized spacial score (nSPS) is 22.4. The van der Waals surface area contributed by atoms with E-state index in [0.717, 1.165) is 11.8 Å². The Morgan fingerprint density at radius 2 is 1.15 bits per heavy atom. The number of nitrogens with zero attached hydrogens (tertiary/aromatic N) is 1. The van der Waals surface area contributed by atoms with Crippen LogP contribution in [0.2, 0.25) is 0 Å². The molecular formula is C47H43N. The summed E-state index contributed by atoms with van der Waals surface area (Å²) in [7, 11) is 0. The third-order valence-corrected chi connectivity index (χ3v) is 12.8. The molecule has 6 aromatic rings. The predicted octanol–water partition coefficient (Wildman–Crippen LogP) is 12.7. The summed E-state index contributed by atoms with van der Waals surface area (Å²) in [6.45, 7) is 9.25. The summed E-state index contributed by atoms with van der Waals surface area (Å²) in [5, 5.41) is 2.63. The van der Waals surface area contributed by atoms with Crippen molar-refractivity contribution in [2.75, 3.05) is 4.90 Å². The number of hydrogen-bond donors (Lipinski definition) is 0. The molecule has 2 fully saturated rings. The summed E-state index contributed by atoms with van der Waals surface area (Å²) in [4.78, 5) is 2.56. The fraction of sp³-hybridized carbons (Fsp3) is 0.277. The van der Waals surface area contributed by atoms with Crippen LogP contribution in [0.5, 0.6) is 0 Å². The molecule has 0 radical (unpaired) electrons. The minimum absolute atomic E-state index is 0.0601. The number of anilines is 3. The van der Waals surface area contributed by atoms with Gasteiger partial charge in [0.1, 0.15) is 0 Å². The van der Waals surface area contributed by atoms with Gasteiger partial charge in [-0.25, -0.2) is 0 Å². The first kappa shape index (κ1) is 28.4. The van der Waals surface area contributed by atoms with Gasteiger partial charge >= 0.3 is 0 Å². The second-order valence-corrected chi connectivity index (χ2v) is 16.0. The summed E-state index contributed by atoms with van der Waals surface area (Å²) in [6, 6.07) is 44.7. The van der Waals surface area contributed by atoms with E-state index in [1.54, 1.807) is 11.1 Å². The van der Waals surface area contributed by atoms with Crippen LogP contribution in [0.1, 0.15) is 79.3 Å². The van der Waals surface area contributed by atoms with Crippen LogP contribution < -0.4 is 4.90 Å². The molecule has 2 bridgehead atoms. The Morgan fingerprint density at radius 3 is 1.88 bits per heavy atom. The summed E-state index contributed by atoms with van der Waals surface area (Å²) in [5.41, 5.74) is 18.0. The smallest absolute Gasteiger partial charge is 0.0470 e. The van der Waals surface area contributed by atoms with Crippen LogP contribution in [0.25, 0.3) is 33.0 Å². The van der Waals surface area contributed by atoms with E-state index in [1.807, 2.05) is 0 Å². The predicted molar refractivity (Wildman–Crippen MR) is 202 cm³/mol. The van der Waals surface area contributed by atoms with Crippen molar-refractivity contribution in [2.24, 2.45) is 11.8 Å². The highest BCUT2D eigenvalue weighted by Gasteiger charge is 2.50. The molecule has 1 heteroatoms. The highest BCUT2D eigenvalue weighted by atomic mass is 15.1. The molecule has 2 unspecified atom stereocenters. The Balaban J connectivity index is 1.20. The van der Waals surface area contributed by atoms with Crippen LogP contribution in [0.4, 0.5) is 17.1 Å². The molecule has 2 saturated carbocycles. The van der Waals surface area contributed by atoms with Gasteiger partial charge in [0.25, 0.3) is 0 Å². The molecule has 48 heavy (non-hydrogen) atoms. The minimum atomic E-state index is -0.0601. The second kappa shape index (κ2) is 9.95. The maximum Gasteiger partial charge on any atom is 0.0470 e. The first-order chi connectivity index (χ1) is 23.3. The van der Waals surface area contributed by atoms with E-state index < -0.39 is 0 Å². The molecule has 10 rings (SSSR count). The van der Waals surface area contributed by atoms with E-state index in [4.69, 9.17) is 0 Å². The second-order valence-electron chi connectivity index (χ2n) is 16.0.